The SMILES string of the molecule is Cc1nc(C)c(C(=O)OCCCn2c(=O)c3c(ncn3C)n(C)c2=O)s1. The van der Waals surface area contributed by atoms with Crippen LogP contribution in [0.1, 0.15) is 26.8 Å². The maximum atomic E-state index is 12.6. The zero-order valence-electron chi connectivity index (χ0n) is 15.0. The van der Waals surface area contributed by atoms with Crippen molar-refractivity contribution in [3.05, 3.63) is 42.7 Å². The fraction of sp³-hybridized carbons (Fsp3) is 0.438. The standard InChI is InChI=1S/C16H19N5O4S/c1-9-12(26-10(2)18-9)15(23)25-7-5-6-21-14(22)11-13(17-8-19(11)3)20(4)16(21)24/h8H,5-7H2,1-4H3. The van der Waals surface area contributed by atoms with E-state index in [-0.39, 0.29) is 13.2 Å². The first-order valence-electron chi connectivity index (χ1n) is 8.03. The van der Waals surface area contributed by atoms with E-state index in [1.165, 1.54) is 22.2 Å². The molecule has 0 saturated carbocycles. The average Bonchev–Trinajstić information content (AvgIpc) is 3.14. The van der Waals surface area contributed by atoms with Crippen LogP contribution in [-0.2, 0) is 25.4 Å². The number of aromatic nitrogens is 5. The number of rotatable bonds is 5. The molecule has 0 saturated heterocycles. The smallest absolute Gasteiger partial charge is 0.350 e. The molecular formula is C16H19N5O4S. The molecule has 0 atom stereocenters. The topological polar surface area (TPSA) is 101 Å². The Bertz CT molecular complexity index is 1100. The predicted molar refractivity (Wildman–Crippen MR) is 96.7 cm³/mol. The summed E-state index contributed by atoms with van der Waals surface area (Å²) in [5.74, 6) is -0.435. The molecule has 0 radical (unpaired) electrons. The van der Waals surface area contributed by atoms with Gasteiger partial charge in [0.15, 0.2) is 11.2 Å². The minimum absolute atomic E-state index is 0.105. The van der Waals surface area contributed by atoms with E-state index in [0.717, 1.165) is 9.57 Å². The summed E-state index contributed by atoms with van der Waals surface area (Å²) in [6, 6.07) is 0. The molecule has 0 aromatic carbocycles. The van der Waals surface area contributed by atoms with Crippen LogP contribution in [0.3, 0.4) is 0 Å². The number of thiazole rings is 1. The van der Waals surface area contributed by atoms with E-state index in [1.54, 1.807) is 25.6 Å². The number of fused-ring (bicyclic) bond motifs is 1. The number of imidazole rings is 1. The number of carbonyl (C=O) groups excluding carboxylic acids is 1. The van der Waals surface area contributed by atoms with Crippen molar-refractivity contribution in [3.63, 3.8) is 0 Å². The first-order chi connectivity index (χ1) is 12.3. The van der Waals surface area contributed by atoms with Crippen molar-refractivity contribution in [1.82, 2.24) is 23.7 Å². The Kier molecular flexibility index (Phi) is 4.77. The van der Waals surface area contributed by atoms with Gasteiger partial charge in [-0.3, -0.25) is 13.9 Å². The molecule has 0 aliphatic rings. The molecule has 3 aromatic rings. The first kappa shape index (κ1) is 18.1. The summed E-state index contributed by atoms with van der Waals surface area (Å²) in [5, 5.41) is 0.800. The van der Waals surface area contributed by atoms with E-state index in [2.05, 4.69) is 9.97 Å². The summed E-state index contributed by atoms with van der Waals surface area (Å²) in [7, 11) is 3.27. The van der Waals surface area contributed by atoms with Crippen molar-refractivity contribution in [1.29, 1.82) is 0 Å². The van der Waals surface area contributed by atoms with Crippen LogP contribution in [0.5, 0.6) is 0 Å². The Morgan fingerprint density at radius 1 is 1.27 bits per heavy atom. The highest BCUT2D eigenvalue weighted by atomic mass is 32.1. The van der Waals surface area contributed by atoms with Crippen LogP contribution in [0.25, 0.3) is 11.2 Å². The second-order valence-corrected chi connectivity index (χ2v) is 7.17. The van der Waals surface area contributed by atoms with Gasteiger partial charge in [0.25, 0.3) is 5.56 Å². The van der Waals surface area contributed by atoms with E-state index in [9.17, 15) is 14.4 Å². The van der Waals surface area contributed by atoms with Crippen LogP contribution in [-0.4, -0.2) is 36.2 Å². The highest BCUT2D eigenvalue weighted by Crippen LogP contribution is 2.18. The van der Waals surface area contributed by atoms with E-state index in [0.29, 0.717) is 28.2 Å². The number of hydrogen-bond donors (Lipinski definition) is 0. The van der Waals surface area contributed by atoms with E-state index in [4.69, 9.17) is 4.74 Å². The van der Waals surface area contributed by atoms with Gasteiger partial charge in [0, 0.05) is 20.6 Å². The average molecular weight is 377 g/mol. The van der Waals surface area contributed by atoms with E-state index < -0.39 is 17.2 Å². The number of carbonyl (C=O) groups is 1. The molecule has 0 spiro atoms. The summed E-state index contributed by atoms with van der Waals surface area (Å²) in [4.78, 5) is 45.7. The van der Waals surface area contributed by atoms with E-state index in [1.807, 2.05) is 6.92 Å². The normalized spacial score (nSPS) is 11.2. The lowest BCUT2D eigenvalue weighted by molar-refractivity contribution is 0.0500. The zero-order valence-corrected chi connectivity index (χ0v) is 15.8. The third-order valence-electron chi connectivity index (χ3n) is 4.05. The fourth-order valence-corrected chi connectivity index (χ4v) is 3.58. The lowest BCUT2D eigenvalue weighted by atomic mass is 10.4. The number of esters is 1. The molecule has 0 amide bonds. The quantitative estimate of drug-likeness (QED) is 0.480. The third kappa shape index (κ3) is 3.07. The highest BCUT2D eigenvalue weighted by Gasteiger charge is 2.16. The minimum atomic E-state index is -0.443. The molecule has 3 heterocycles. The summed E-state index contributed by atoms with van der Waals surface area (Å²) in [5.41, 5.74) is 0.509. The second-order valence-electron chi connectivity index (χ2n) is 5.96. The monoisotopic (exact) mass is 377 g/mol. The summed E-state index contributed by atoms with van der Waals surface area (Å²) in [6.45, 7) is 3.84. The Balaban J connectivity index is 1.72. The third-order valence-corrected chi connectivity index (χ3v) is 5.10. The molecule has 138 valence electrons. The minimum Gasteiger partial charge on any atom is -0.461 e. The van der Waals surface area contributed by atoms with Gasteiger partial charge in [-0.25, -0.2) is 19.6 Å². The molecule has 3 aromatic heterocycles. The number of aryl methyl sites for hydroxylation is 4. The molecule has 26 heavy (non-hydrogen) atoms. The molecule has 10 heteroatoms. The summed E-state index contributed by atoms with van der Waals surface area (Å²) < 4.78 is 9.30. The van der Waals surface area contributed by atoms with Gasteiger partial charge in [0.2, 0.25) is 0 Å². The van der Waals surface area contributed by atoms with Gasteiger partial charge in [0.05, 0.1) is 23.6 Å². The number of ether oxygens (including phenoxy) is 1. The van der Waals surface area contributed by atoms with Gasteiger partial charge in [0.1, 0.15) is 4.88 Å². The molecule has 0 unspecified atom stereocenters. The lowest BCUT2D eigenvalue weighted by Gasteiger charge is -2.09. The lowest BCUT2D eigenvalue weighted by Crippen LogP contribution is -2.39. The summed E-state index contributed by atoms with van der Waals surface area (Å²) >= 11 is 1.28. The highest BCUT2D eigenvalue weighted by molar-refractivity contribution is 7.13. The Labute approximate surface area is 152 Å². The van der Waals surface area contributed by atoms with Crippen LogP contribution < -0.4 is 11.2 Å². The predicted octanol–water partition coefficient (Wildman–Crippen LogP) is 0.754. The van der Waals surface area contributed by atoms with Crippen molar-refractivity contribution in [3.8, 4) is 0 Å². The molecule has 0 fully saturated rings. The van der Waals surface area contributed by atoms with Crippen molar-refractivity contribution in [2.24, 2.45) is 14.1 Å². The van der Waals surface area contributed by atoms with Gasteiger partial charge < -0.3 is 9.30 Å². The molecule has 0 aliphatic carbocycles. The largest absolute Gasteiger partial charge is 0.461 e. The molecule has 0 aliphatic heterocycles. The molecule has 3 rings (SSSR count). The first-order valence-corrected chi connectivity index (χ1v) is 8.85. The van der Waals surface area contributed by atoms with Crippen molar-refractivity contribution >= 4 is 28.5 Å². The fourth-order valence-electron chi connectivity index (χ4n) is 2.77. The van der Waals surface area contributed by atoms with Gasteiger partial charge >= 0.3 is 11.7 Å². The Morgan fingerprint density at radius 2 is 2.00 bits per heavy atom. The van der Waals surface area contributed by atoms with Gasteiger partial charge in [-0.2, -0.15) is 0 Å². The maximum absolute atomic E-state index is 12.6. The van der Waals surface area contributed by atoms with Crippen LogP contribution in [0.2, 0.25) is 0 Å². The Hall–Kier alpha value is -2.75. The van der Waals surface area contributed by atoms with Crippen molar-refractivity contribution in [2.45, 2.75) is 26.8 Å². The van der Waals surface area contributed by atoms with Crippen LogP contribution in [0.4, 0.5) is 0 Å². The van der Waals surface area contributed by atoms with Gasteiger partial charge in [-0.05, 0) is 20.3 Å². The number of nitrogens with zero attached hydrogens (tertiary/aromatic N) is 5. The Morgan fingerprint density at radius 3 is 2.65 bits per heavy atom. The molecule has 0 bridgehead atoms. The summed E-state index contributed by atoms with van der Waals surface area (Å²) in [6.07, 6.45) is 1.85. The van der Waals surface area contributed by atoms with Gasteiger partial charge in [-0.15, -0.1) is 11.3 Å². The number of hydrogen-bond acceptors (Lipinski definition) is 7. The maximum Gasteiger partial charge on any atom is 0.350 e. The zero-order chi connectivity index (χ0) is 19.0. The van der Waals surface area contributed by atoms with Gasteiger partial charge in [-0.1, -0.05) is 0 Å². The van der Waals surface area contributed by atoms with E-state index >= 15 is 0 Å². The van der Waals surface area contributed by atoms with Crippen LogP contribution in [0, 0.1) is 13.8 Å². The van der Waals surface area contributed by atoms with Crippen LogP contribution >= 0.6 is 11.3 Å². The molecular weight excluding hydrogens is 358 g/mol. The van der Waals surface area contributed by atoms with Crippen molar-refractivity contribution in [2.75, 3.05) is 6.61 Å². The molecule has 0 N–H and O–H groups in total. The van der Waals surface area contributed by atoms with Crippen molar-refractivity contribution < 1.29 is 9.53 Å². The molecule has 9 nitrogen and oxygen atoms in total. The van der Waals surface area contributed by atoms with Crippen LogP contribution in [0.15, 0.2) is 15.9 Å². The second kappa shape index (κ2) is 6.87.